The summed E-state index contributed by atoms with van der Waals surface area (Å²) in [7, 11) is 0. The average molecular weight is 398 g/mol. The van der Waals surface area contributed by atoms with Gasteiger partial charge in [-0.3, -0.25) is 9.59 Å². The van der Waals surface area contributed by atoms with Crippen LogP contribution in [0.4, 0.5) is 4.39 Å². The number of amides is 2. The summed E-state index contributed by atoms with van der Waals surface area (Å²) in [5, 5.41) is 15.9. The molecule has 1 aromatic rings. The summed E-state index contributed by atoms with van der Waals surface area (Å²) in [5.41, 5.74) is 0.0395. The number of hydrogen-bond donors (Lipinski definition) is 2. The fourth-order valence-electron chi connectivity index (χ4n) is 5.38. The van der Waals surface area contributed by atoms with E-state index in [0.717, 1.165) is 51.4 Å². The summed E-state index contributed by atoms with van der Waals surface area (Å²) in [6.07, 6.45) is 7.09. The lowest BCUT2D eigenvalue weighted by Gasteiger charge is -2.41. The first-order valence-electron chi connectivity index (χ1n) is 10.5. The molecule has 2 amide bonds. The van der Waals surface area contributed by atoms with Crippen LogP contribution in [-0.4, -0.2) is 46.9 Å². The molecule has 3 aliphatic rings. The first kappa shape index (κ1) is 19.8. The maximum atomic E-state index is 13.1. The van der Waals surface area contributed by atoms with Crippen LogP contribution in [0.15, 0.2) is 24.3 Å². The predicted molar refractivity (Wildman–Crippen MR) is 105 cm³/mol. The summed E-state index contributed by atoms with van der Waals surface area (Å²) < 4.78 is 13.1. The minimum Gasteiger partial charge on any atom is -0.347 e. The van der Waals surface area contributed by atoms with E-state index in [1.807, 2.05) is 0 Å². The largest absolute Gasteiger partial charge is 0.347 e. The lowest BCUT2D eigenvalue weighted by atomic mass is 9.78. The highest BCUT2D eigenvalue weighted by molar-refractivity contribution is 5.94. The van der Waals surface area contributed by atoms with Crippen LogP contribution in [0, 0.1) is 17.1 Å². The zero-order valence-electron chi connectivity index (χ0n) is 16.5. The van der Waals surface area contributed by atoms with Crippen molar-refractivity contribution in [3.05, 3.63) is 35.6 Å². The second-order valence-corrected chi connectivity index (χ2v) is 8.78. The Balaban J connectivity index is 1.38. The lowest BCUT2D eigenvalue weighted by molar-refractivity contribution is -0.130. The van der Waals surface area contributed by atoms with Crippen molar-refractivity contribution in [2.75, 3.05) is 13.1 Å². The molecule has 1 saturated heterocycles. The summed E-state index contributed by atoms with van der Waals surface area (Å²) in [6.45, 7) is 0.892. The number of rotatable bonds is 5. The van der Waals surface area contributed by atoms with Gasteiger partial charge in [-0.15, -0.1) is 0 Å². The molecule has 2 aliphatic carbocycles. The number of nitrogens with zero attached hydrogens (tertiary/aromatic N) is 2. The highest BCUT2D eigenvalue weighted by Gasteiger charge is 2.51. The number of likely N-dealkylation sites (tertiary alicyclic amines) is 1. The van der Waals surface area contributed by atoms with E-state index in [4.69, 9.17) is 0 Å². The quantitative estimate of drug-likeness (QED) is 0.798. The van der Waals surface area contributed by atoms with Crippen LogP contribution in [0.1, 0.15) is 61.7 Å². The number of nitriles is 1. The van der Waals surface area contributed by atoms with Crippen molar-refractivity contribution in [3.63, 3.8) is 0 Å². The van der Waals surface area contributed by atoms with Crippen molar-refractivity contribution in [2.45, 2.75) is 68.5 Å². The molecule has 0 aromatic heterocycles. The molecule has 2 bridgehead atoms. The minimum atomic E-state index is -0.359. The fraction of sp³-hybridized carbons (Fsp3) is 0.591. The molecule has 3 fully saturated rings. The van der Waals surface area contributed by atoms with Crippen molar-refractivity contribution in [1.82, 2.24) is 15.5 Å². The van der Waals surface area contributed by atoms with Gasteiger partial charge in [0.2, 0.25) is 5.91 Å². The standard InChI is InChI=1S/C22H27FN4O2/c23-17-6-4-16(5-7-17)20(29)26-22-9-2-8-21(15-22,10-11-22)25-14-19(28)27-12-1-3-18(27)13-24/h4-7,18,25H,1-3,8-12,14-15H2,(H,26,29)/t18-,21?,22?/m0/s1. The van der Waals surface area contributed by atoms with Crippen LogP contribution in [0.25, 0.3) is 0 Å². The van der Waals surface area contributed by atoms with E-state index in [0.29, 0.717) is 12.1 Å². The average Bonchev–Trinajstić information content (AvgIpc) is 3.29. The number of halogens is 1. The molecule has 1 aliphatic heterocycles. The van der Waals surface area contributed by atoms with Crippen LogP contribution in [0.2, 0.25) is 0 Å². The van der Waals surface area contributed by atoms with Gasteiger partial charge in [0.15, 0.2) is 0 Å². The van der Waals surface area contributed by atoms with E-state index in [-0.39, 0.29) is 41.3 Å². The minimum absolute atomic E-state index is 0.0122. The third kappa shape index (κ3) is 3.99. The zero-order chi connectivity index (χ0) is 20.5. The molecule has 2 saturated carbocycles. The maximum absolute atomic E-state index is 13.1. The van der Waals surface area contributed by atoms with Crippen molar-refractivity contribution >= 4 is 11.8 Å². The van der Waals surface area contributed by atoms with E-state index < -0.39 is 0 Å². The van der Waals surface area contributed by atoms with Crippen LogP contribution in [0.5, 0.6) is 0 Å². The van der Waals surface area contributed by atoms with Gasteiger partial charge >= 0.3 is 0 Å². The van der Waals surface area contributed by atoms with E-state index in [9.17, 15) is 19.2 Å². The van der Waals surface area contributed by atoms with Gasteiger partial charge in [0.1, 0.15) is 11.9 Å². The highest BCUT2D eigenvalue weighted by atomic mass is 19.1. The molecule has 3 atom stereocenters. The van der Waals surface area contributed by atoms with Crippen LogP contribution in [-0.2, 0) is 4.79 Å². The summed E-state index contributed by atoms with van der Waals surface area (Å²) in [5.74, 6) is -0.544. The van der Waals surface area contributed by atoms with Gasteiger partial charge in [0, 0.05) is 23.2 Å². The van der Waals surface area contributed by atoms with E-state index in [1.165, 1.54) is 24.3 Å². The first-order chi connectivity index (χ1) is 13.9. The second-order valence-electron chi connectivity index (χ2n) is 8.78. The number of carbonyl (C=O) groups excluding carboxylic acids is 2. The molecule has 6 nitrogen and oxygen atoms in total. The molecule has 0 spiro atoms. The van der Waals surface area contributed by atoms with Crippen LogP contribution in [0.3, 0.4) is 0 Å². The van der Waals surface area contributed by atoms with Crippen LogP contribution < -0.4 is 10.6 Å². The van der Waals surface area contributed by atoms with Gasteiger partial charge in [0.05, 0.1) is 12.6 Å². The molecule has 154 valence electrons. The Hall–Kier alpha value is -2.46. The normalized spacial score (nSPS) is 30.8. The van der Waals surface area contributed by atoms with Crippen molar-refractivity contribution < 1.29 is 14.0 Å². The van der Waals surface area contributed by atoms with Crippen LogP contribution >= 0.6 is 0 Å². The fourth-order valence-corrected chi connectivity index (χ4v) is 5.38. The Labute approximate surface area is 170 Å². The molecule has 2 N–H and O–H groups in total. The molecule has 29 heavy (non-hydrogen) atoms. The topological polar surface area (TPSA) is 85.2 Å². The number of nitrogens with one attached hydrogen (secondary N) is 2. The third-order valence-corrected chi connectivity index (χ3v) is 6.89. The van der Waals surface area contributed by atoms with Crippen molar-refractivity contribution in [2.24, 2.45) is 0 Å². The lowest BCUT2D eigenvalue weighted by Crippen LogP contribution is -2.55. The summed E-state index contributed by atoms with van der Waals surface area (Å²) in [6, 6.07) is 7.52. The Kier molecular flexibility index (Phi) is 5.30. The van der Waals surface area contributed by atoms with Crippen molar-refractivity contribution in [1.29, 1.82) is 5.26 Å². The molecule has 2 unspecified atom stereocenters. The molecule has 0 radical (unpaired) electrons. The Morgan fingerprint density at radius 3 is 2.62 bits per heavy atom. The maximum Gasteiger partial charge on any atom is 0.251 e. The highest BCUT2D eigenvalue weighted by Crippen LogP contribution is 2.48. The van der Waals surface area contributed by atoms with Gasteiger partial charge in [-0.25, -0.2) is 4.39 Å². The van der Waals surface area contributed by atoms with E-state index >= 15 is 0 Å². The number of benzene rings is 1. The number of fused-ring (bicyclic) bond motifs is 2. The Morgan fingerprint density at radius 2 is 1.86 bits per heavy atom. The Morgan fingerprint density at radius 1 is 1.14 bits per heavy atom. The number of hydrogen-bond acceptors (Lipinski definition) is 4. The van der Waals surface area contributed by atoms with E-state index in [2.05, 4.69) is 16.7 Å². The molecular formula is C22H27FN4O2. The summed E-state index contributed by atoms with van der Waals surface area (Å²) >= 11 is 0. The third-order valence-electron chi connectivity index (χ3n) is 6.89. The molecule has 4 rings (SSSR count). The van der Waals surface area contributed by atoms with Gasteiger partial charge in [-0.2, -0.15) is 5.26 Å². The Bertz CT molecular complexity index is 836. The van der Waals surface area contributed by atoms with E-state index in [1.54, 1.807) is 4.90 Å². The monoisotopic (exact) mass is 398 g/mol. The van der Waals surface area contributed by atoms with Gasteiger partial charge < -0.3 is 15.5 Å². The van der Waals surface area contributed by atoms with Crippen molar-refractivity contribution in [3.8, 4) is 6.07 Å². The summed E-state index contributed by atoms with van der Waals surface area (Å²) in [4.78, 5) is 27.0. The molecule has 1 heterocycles. The zero-order valence-corrected chi connectivity index (χ0v) is 16.5. The van der Waals surface area contributed by atoms with Gasteiger partial charge in [-0.05, 0) is 75.6 Å². The molecular weight excluding hydrogens is 371 g/mol. The van der Waals surface area contributed by atoms with Gasteiger partial charge in [-0.1, -0.05) is 0 Å². The van der Waals surface area contributed by atoms with Gasteiger partial charge in [0.25, 0.3) is 5.91 Å². The predicted octanol–water partition coefficient (Wildman–Crippen LogP) is 2.51. The first-order valence-corrected chi connectivity index (χ1v) is 10.5. The molecule has 1 aromatic carbocycles. The SMILES string of the molecule is N#C[C@@H]1CCCN1C(=O)CNC12CCCC(NC(=O)c3ccc(F)cc3)(CC1)C2. The molecule has 7 heteroatoms. The second kappa shape index (κ2) is 7.75. The smallest absolute Gasteiger partial charge is 0.251 e. The number of carbonyl (C=O) groups is 2.